The molecule has 244 valence electrons. The fraction of sp³-hybridized carbons (Fsp3) is 0. The van der Waals surface area contributed by atoms with Crippen molar-refractivity contribution in [3.8, 4) is 56.7 Å². The van der Waals surface area contributed by atoms with Crippen LogP contribution in [0.3, 0.4) is 0 Å². The van der Waals surface area contributed by atoms with Crippen LogP contribution in [0.25, 0.3) is 89.5 Å². The molecule has 3 heterocycles. The molecule has 5 heteroatoms. The molecular formula is C47H31N5. The van der Waals surface area contributed by atoms with Crippen molar-refractivity contribution in [2.75, 3.05) is 0 Å². The van der Waals surface area contributed by atoms with E-state index in [2.05, 4.69) is 161 Å². The molecule has 0 radical (unpaired) electrons. The smallest absolute Gasteiger partial charge is 0.235 e. The third-order valence-corrected chi connectivity index (χ3v) is 9.78. The van der Waals surface area contributed by atoms with Crippen molar-refractivity contribution in [3.05, 3.63) is 188 Å². The molecule has 52 heavy (non-hydrogen) atoms. The number of hydrogen-bond acceptors (Lipinski definition) is 3. The van der Waals surface area contributed by atoms with E-state index < -0.39 is 0 Å². The molecule has 5 nitrogen and oxygen atoms in total. The van der Waals surface area contributed by atoms with Crippen molar-refractivity contribution >= 4 is 32.8 Å². The highest BCUT2D eigenvalue weighted by atomic mass is 15.2. The molecule has 0 atom stereocenters. The van der Waals surface area contributed by atoms with Crippen molar-refractivity contribution in [1.82, 2.24) is 24.1 Å². The second kappa shape index (κ2) is 12.3. The summed E-state index contributed by atoms with van der Waals surface area (Å²) in [6, 6.07) is 65.3. The summed E-state index contributed by atoms with van der Waals surface area (Å²) in [6.45, 7) is 0. The van der Waals surface area contributed by atoms with Gasteiger partial charge in [-0.05, 0) is 47.5 Å². The number of hydrogen-bond donors (Lipinski definition) is 0. The molecular weight excluding hydrogens is 635 g/mol. The van der Waals surface area contributed by atoms with Gasteiger partial charge in [0, 0.05) is 33.2 Å². The Bertz CT molecular complexity index is 2820. The van der Waals surface area contributed by atoms with Crippen LogP contribution in [-0.4, -0.2) is 24.1 Å². The lowest BCUT2D eigenvalue weighted by Crippen LogP contribution is -2.04. The van der Waals surface area contributed by atoms with E-state index in [1.54, 1.807) is 0 Å². The summed E-state index contributed by atoms with van der Waals surface area (Å²) in [5, 5.41) is 2.16. The number of fused-ring (bicyclic) bond motifs is 5. The van der Waals surface area contributed by atoms with Crippen LogP contribution in [0.2, 0.25) is 0 Å². The monoisotopic (exact) mass is 665 g/mol. The van der Waals surface area contributed by atoms with Crippen molar-refractivity contribution in [3.63, 3.8) is 0 Å². The summed E-state index contributed by atoms with van der Waals surface area (Å²) < 4.78 is 4.49. The van der Waals surface area contributed by atoms with Gasteiger partial charge >= 0.3 is 0 Å². The summed E-state index contributed by atoms with van der Waals surface area (Å²) in [4.78, 5) is 16.1. The number of imidazole rings is 1. The van der Waals surface area contributed by atoms with Crippen LogP contribution < -0.4 is 0 Å². The molecule has 0 saturated carbocycles. The van der Waals surface area contributed by atoms with Crippen molar-refractivity contribution in [2.45, 2.75) is 0 Å². The molecule has 0 aliphatic heterocycles. The molecule has 0 aliphatic carbocycles. The van der Waals surface area contributed by atoms with E-state index in [4.69, 9.17) is 15.0 Å². The van der Waals surface area contributed by atoms with E-state index in [-0.39, 0.29) is 0 Å². The maximum absolute atomic E-state index is 5.57. The van der Waals surface area contributed by atoms with Gasteiger partial charge in [-0.2, -0.15) is 0 Å². The van der Waals surface area contributed by atoms with Crippen molar-refractivity contribution in [1.29, 1.82) is 0 Å². The minimum atomic E-state index is 0.614. The van der Waals surface area contributed by atoms with Crippen LogP contribution in [0.15, 0.2) is 188 Å². The number of benzene rings is 7. The van der Waals surface area contributed by atoms with E-state index in [1.165, 1.54) is 0 Å². The SMILES string of the molecule is c1ccc(-c2cc(-c3ccccc3)nc(-n3c4ccccc4c4c5nc(-c6ccccc6-c6ccccc6)n(-c6ccccc6)c5ccc43)n2)cc1. The first-order valence-electron chi connectivity index (χ1n) is 17.5. The third-order valence-electron chi connectivity index (χ3n) is 9.78. The average molecular weight is 666 g/mol. The van der Waals surface area contributed by atoms with Crippen LogP contribution in [0.5, 0.6) is 0 Å². The molecule has 0 unspecified atom stereocenters. The van der Waals surface area contributed by atoms with Gasteiger partial charge in [-0.3, -0.25) is 9.13 Å². The quantitative estimate of drug-likeness (QED) is 0.178. The molecule has 10 rings (SSSR count). The van der Waals surface area contributed by atoms with Crippen LogP contribution in [0.4, 0.5) is 0 Å². The Morgan fingerprint density at radius 2 is 0.885 bits per heavy atom. The second-order valence-corrected chi connectivity index (χ2v) is 12.9. The zero-order chi connectivity index (χ0) is 34.4. The molecule has 0 aliphatic rings. The molecule has 0 N–H and O–H groups in total. The summed E-state index contributed by atoms with van der Waals surface area (Å²) in [5.41, 5.74) is 12.2. The lowest BCUT2D eigenvalue weighted by Gasteiger charge is -2.13. The Morgan fingerprint density at radius 1 is 0.365 bits per heavy atom. The Kier molecular flexibility index (Phi) is 7.07. The zero-order valence-corrected chi connectivity index (χ0v) is 28.1. The lowest BCUT2D eigenvalue weighted by atomic mass is 9.99. The standard InChI is InChI=1S/C47H31N5/c1-5-17-32(18-6-1)36-25-13-14-26-37(36)46-50-45-43(51(46)35-23-11-4-12-24-35)30-29-42-44(45)38-27-15-16-28-41(38)52(42)47-48-39(33-19-7-2-8-20-33)31-40(49-47)34-21-9-3-10-22-34/h1-31H. The highest BCUT2D eigenvalue weighted by molar-refractivity contribution is 6.20. The molecule has 0 saturated heterocycles. The van der Waals surface area contributed by atoms with E-state index >= 15 is 0 Å². The Balaban J connectivity index is 1.29. The predicted octanol–water partition coefficient (Wildman–Crippen LogP) is 11.6. The largest absolute Gasteiger partial charge is 0.292 e. The van der Waals surface area contributed by atoms with Gasteiger partial charge in [-0.15, -0.1) is 0 Å². The van der Waals surface area contributed by atoms with E-state index in [9.17, 15) is 0 Å². The molecule has 0 spiro atoms. The van der Waals surface area contributed by atoms with Gasteiger partial charge in [0.2, 0.25) is 5.95 Å². The summed E-state index contributed by atoms with van der Waals surface area (Å²) >= 11 is 0. The van der Waals surface area contributed by atoms with Gasteiger partial charge in [0.15, 0.2) is 0 Å². The molecule has 0 bridgehead atoms. The first kappa shape index (κ1) is 29.8. The molecule has 0 fully saturated rings. The Morgan fingerprint density at radius 3 is 1.54 bits per heavy atom. The summed E-state index contributed by atoms with van der Waals surface area (Å²) in [7, 11) is 0. The van der Waals surface area contributed by atoms with Crippen molar-refractivity contribution in [2.24, 2.45) is 0 Å². The van der Waals surface area contributed by atoms with Gasteiger partial charge in [-0.1, -0.05) is 152 Å². The van der Waals surface area contributed by atoms with E-state index in [0.29, 0.717) is 5.95 Å². The number of aromatic nitrogens is 5. The average Bonchev–Trinajstić information content (AvgIpc) is 3.78. The number of rotatable bonds is 6. The fourth-order valence-electron chi connectivity index (χ4n) is 7.43. The molecule has 3 aromatic heterocycles. The van der Waals surface area contributed by atoms with Gasteiger partial charge in [-0.25, -0.2) is 15.0 Å². The third kappa shape index (κ3) is 4.90. The maximum atomic E-state index is 5.57. The van der Waals surface area contributed by atoms with Crippen LogP contribution in [-0.2, 0) is 0 Å². The normalized spacial score (nSPS) is 11.5. The topological polar surface area (TPSA) is 48.5 Å². The van der Waals surface area contributed by atoms with Gasteiger partial charge in [0.25, 0.3) is 0 Å². The number of para-hydroxylation sites is 2. The summed E-state index contributed by atoms with van der Waals surface area (Å²) in [6.07, 6.45) is 0. The van der Waals surface area contributed by atoms with Gasteiger partial charge < -0.3 is 0 Å². The minimum absolute atomic E-state index is 0.614. The lowest BCUT2D eigenvalue weighted by molar-refractivity contribution is 0.996. The summed E-state index contributed by atoms with van der Waals surface area (Å²) in [5.74, 6) is 1.50. The first-order chi connectivity index (χ1) is 25.8. The maximum Gasteiger partial charge on any atom is 0.235 e. The van der Waals surface area contributed by atoms with Gasteiger partial charge in [0.05, 0.1) is 33.5 Å². The van der Waals surface area contributed by atoms with Crippen molar-refractivity contribution < 1.29 is 0 Å². The highest BCUT2D eigenvalue weighted by Crippen LogP contribution is 2.41. The van der Waals surface area contributed by atoms with Crippen LogP contribution in [0, 0.1) is 0 Å². The number of nitrogens with zero attached hydrogens (tertiary/aromatic N) is 5. The molecule has 0 amide bonds. The van der Waals surface area contributed by atoms with E-state index in [1.807, 2.05) is 36.4 Å². The Hall–Kier alpha value is -7.11. The highest BCUT2D eigenvalue weighted by Gasteiger charge is 2.24. The Labute approximate surface area is 300 Å². The second-order valence-electron chi connectivity index (χ2n) is 12.9. The predicted molar refractivity (Wildman–Crippen MR) is 213 cm³/mol. The first-order valence-corrected chi connectivity index (χ1v) is 17.5. The van der Waals surface area contributed by atoms with Gasteiger partial charge in [0.1, 0.15) is 5.82 Å². The molecule has 7 aromatic carbocycles. The zero-order valence-electron chi connectivity index (χ0n) is 28.1. The molecule has 10 aromatic rings. The minimum Gasteiger partial charge on any atom is -0.292 e. The van der Waals surface area contributed by atoms with E-state index in [0.717, 1.165) is 83.6 Å². The van der Waals surface area contributed by atoms with Crippen LogP contribution in [0.1, 0.15) is 0 Å². The fourth-order valence-corrected chi connectivity index (χ4v) is 7.43. The van der Waals surface area contributed by atoms with Crippen LogP contribution >= 0.6 is 0 Å².